The molecule has 2 heterocycles. The molecule has 0 unspecified atom stereocenters. The molecule has 1 atom stereocenters. The maximum atomic E-state index is 14.7. The Morgan fingerprint density at radius 3 is 2.09 bits per heavy atom. The zero-order chi connectivity index (χ0) is 24.9. The second kappa shape index (κ2) is 9.36. The molecule has 17 heteroatoms. The molecule has 5 nitrogen and oxygen atoms in total. The van der Waals surface area contributed by atoms with E-state index in [4.69, 9.17) is 34.8 Å². The molecular formula is C16H9Cl3F7N5S2. The molecule has 33 heavy (non-hydrogen) atoms. The van der Waals surface area contributed by atoms with Gasteiger partial charge in [0.1, 0.15) is 28.6 Å². The van der Waals surface area contributed by atoms with Gasteiger partial charge < -0.3 is 0 Å². The Kier molecular flexibility index (Phi) is 7.45. The van der Waals surface area contributed by atoms with Gasteiger partial charge in [0.05, 0.1) is 11.1 Å². The first kappa shape index (κ1) is 26.3. The minimum Gasteiger partial charge on any atom is -0.283 e. The van der Waals surface area contributed by atoms with Crippen molar-refractivity contribution in [1.29, 1.82) is 0 Å². The highest BCUT2D eigenvalue weighted by Crippen LogP contribution is 2.49. The maximum Gasteiger partial charge on any atom is 0.409 e. The number of halogens is 10. The number of hydrogen-bond donors (Lipinski definition) is 0. The maximum absolute atomic E-state index is 14.7. The van der Waals surface area contributed by atoms with E-state index in [9.17, 15) is 30.7 Å². The summed E-state index contributed by atoms with van der Waals surface area (Å²) < 4.78 is 95.7. The normalized spacial score (nSPS) is 13.6. The fourth-order valence-electron chi connectivity index (χ4n) is 2.68. The molecule has 0 saturated carbocycles. The molecule has 0 bridgehead atoms. The molecule has 3 aromatic rings. The van der Waals surface area contributed by atoms with Gasteiger partial charge in [0.2, 0.25) is 5.16 Å². The SMILES string of the molecule is CSc1nc2nc(Cl)c(-c3c(F)cc(F)cc3F)c(N(SC(F)(Cl)Cl)[C@@H](C)C(F)(F)F)n2n1. The highest BCUT2D eigenvalue weighted by atomic mass is 35.5. The van der Waals surface area contributed by atoms with Crippen LogP contribution in [0.1, 0.15) is 6.92 Å². The molecule has 0 aliphatic carbocycles. The van der Waals surface area contributed by atoms with E-state index < -0.39 is 55.7 Å². The Morgan fingerprint density at radius 1 is 1.03 bits per heavy atom. The highest BCUT2D eigenvalue weighted by Gasteiger charge is 2.46. The van der Waals surface area contributed by atoms with E-state index in [1.807, 2.05) is 0 Å². The summed E-state index contributed by atoms with van der Waals surface area (Å²) in [5.41, 5.74) is -1.83. The number of benzene rings is 1. The van der Waals surface area contributed by atoms with Crippen molar-refractivity contribution in [3.63, 3.8) is 0 Å². The lowest BCUT2D eigenvalue weighted by atomic mass is 10.1. The van der Waals surface area contributed by atoms with Gasteiger partial charge in [-0.25, -0.2) is 13.2 Å². The van der Waals surface area contributed by atoms with Gasteiger partial charge >= 0.3 is 10.1 Å². The van der Waals surface area contributed by atoms with E-state index in [0.717, 1.165) is 11.8 Å². The number of thioether (sulfide) groups is 1. The van der Waals surface area contributed by atoms with Crippen LogP contribution in [0, 0.1) is 17.5 Å². The molecule has 0 aliphatic heterocycles. The van der Waals surface area contributed by atoms with E-state index in [-0.39, 0.29) is 39.3 Å². The van der Waals surface area contributed by atoms with Crippen molar-refractivity contribution in [1.82, 2.24) is 19.6 Å². The number of hydrogen-bond acceptors (Lipinski definition) is 6. The van der Waals surface area contributed by atoms with Gasteiger partial charge in [0.25, 0.3) is 5.78 Å². The minimum atomic E-state index is -5.02. The molecule has 180 valence electrons. The largest absolute Gasteiger partial charge is 0.409 e. The number of anilines is 1. The Morgan fingerprint density at radius 2 is 1.61 bits per heavy atom. The van der Waals surface area contributed by atoms with Gasteiger partial charge in [-0.2, -0.15) is 32.0 Å². The molecular weight excluding hydrogens is 566 g/mol. The van der Waals surface area contributed by atoms with Crippen LogP contribution < -0.4 is 4.31 Å². The first-order valence-electron chi connectivity index (χ1n) is 8.41. The van der Waals surface area contributed by atoms with Crippen molar-refractivity contribution in [2.75, 3.05) is 10.6 Å². The highest BCUT2D eigenvalue weighted by molar-refractivity contribution is 8.04. The van der Waals surface area contributed by atoms with E-state index >= 15 is 0 Å². The van der Waals surface area contributed by atoms with Gasteiger partial charge in [-0.1, -0.05) is 46.6 Å². The summed E-state index contributed by atoms with van der Waals surface area (Å²) in [5.74, 6) is -5.52. The smallest absolute Gasteiger partial charge is 0.283 e. The third-order valence-corrected chi connectivity index (χ3v) is 6.19. The molecule has 0 spiro atoms. The third-order valence-electron chi connectivity index (χ3n) is 4.07. The van der Waals surface area contributed by atoms with Gasteiger partial charge in [0.15, 0.2) is 5.82 Å². The lowest BCUT2D eigenvalue weighted by Gasteiger charge is -2.33. The van der Waals surface area contributed by atoms with Crippen molar-refractivity contribution in [3.05, 3.63) is 34.7 Å². The van der Waals surface area contributed by atoms with Crippen molar-refractivity contribution < 1.29 is 30.7 Å². The van der Waals surface area contributed by atoms with E-state index in [1.165, 1.54) is 6.26 Å². The van der Waals surface area contributed by atoms with Crippen molar-refractivity contribution in [2.45, 2.75) is 28.2 Å². The predicted octanol–water partition coefficient (Wildman–Crippen LogP) is 7.05. The first-order valence-corrected chi connectivity index (χ1v) is 11.5. The summed E-state index contributed by atoms with van der Waals surface area (Å²) in [6.45, 7) is 0.611. The second-order valence-electron chi connectivity index (χ2n) is 6.24. The molecule has 2 aromatic heterocycles. The standard InChI is InChI=1S/C16H9Cl3F7N5S2/c1-5(15(23,24)25)31(33-16(18,19)26)12-10(9-7(21)3-6(20)4-8(9)22)11(17)27-13-28-14(32-2)29-30(12)13/h3-5H,1-2H3/t5-/m0/s1. The van der Waals surface area contributed by atoms with Crippen molar-refractivity contribution in [3.8, 4) is 11.1 Å². The lowest BCUT2D eigenvalue weighted by Crippen LogP contribution is -2.42. The molecule has 1 aromatic carbocycles. The summed E-state index contributed by atoms with van der Waals surface area (Å²) in [6.07, 6.45) is -3.49. The summed E-state index contributed by atoms with van der Waals surface area (Å²) in [7, 11) is 0. The van der Waals surface area contributed by atoms with Crippen LogP contribution in [0.2, 0.25) is 5.15 Å². The second-order valence-corrected chi connectivity index (χ2v) is 10.2. The summed E-state index contributed by atoms with van der Waals surface area (Å²) >= 11 is 17.4. The molecule has 0 aliphatic rings. The third kappa shape index (κ3) is 5.50. The van der Waals surface area contributed by atoms with E-state index in [1.54, 1.807) is 0 Å². The van der Waals surface area contributed by atoms with Crippen LogP contribution in [0.25, 0.3) is 16.9 Å². The Hall–Kier alpha value is -1.35. The summed E-state index contributed by atoms with van der Waals surface area (Å²) in [4.78, 5) is 7.77. The Balaban J connectivity index is 2.49. The molecule has 0 N–H and O–H groups in total. The van der Waals surface area contributed by atoms with Gasteiger partial charge in [0, 0.05) is 24.1 Å². The van der Waals surface area contributed by atoms with E-state index in [2.05, 4.69) is 15.1 Å². The van der Waals surface area contributed by atoms with E-state index in [0.29, 0.717) is 11.4 Å². The average Bonchev–Trinajstić information content (AvgIpc) is 3.06. The zero-order valence-corrected chi connectivity index (χ0v) is 20.0. The molecule has 0 fully saturated rings. The Labute approximate surface area is 204 Å². The zero-order valence-electron chi connectivity index (χ0n) is 16.1. The summed E-state index contributed by atoms with van der Waals surface area (Å²) in [6, 6.07) is -1.99. The fraction of sp³-hybridized carbons (Fsp3) is 0.312. The van der Waals surface area contributed by atoms with Crippen LogP contribution >= 0.6 is 58.5 Å². The van der Waals surface area contributed by atoms with Crippen molar-refractivity contribution >= 4 is 70.1 Å². The predicted molar refractivity (Wildman–Crippen MR) is 114 cm³/mol. The molecule has 0 amide bonds. The van der Waals surface area contributed by atoms with Crippen LogP contribution in [0.5, 0.6) is 0 Å². The topological polar surface area (TPSA) is 46.3 Å². The fourth-order valence-corrected chi connectivity index (χ4v) is 4.47. The van der Waals surface area contributed by atoms with Crippen LogP contribution in [-0.4, -0.2) is 42.0 Å². The summed E-state index contributed by atoms with van der Waals surface area (Å²) in [5, 5.41) is 3.21. The number of rotatable bonds is 6. The van der Waals surface area contributed by atoms with Gasteiger partial charge in [-0.05, 0) is 13.2 Å². The quantitative estimate of drug-likeness (QED) is 0.103. The molecule has 0 saturated heterocycles. The molecule has 3 rings (SSSR count). The number of alkyl halides is 6. The van der Waals surface area contributed by atoms with Crippen LogP contribution in [0.4, 0.5) is 36.6 Å². The van der Waals surface area contributed by atoms with Crippen LogP contribution in [0.15, 0.2) is 17.3 Å². The monoisotopic (exact) mass is 573 g/mol. The number of aromatic nitrogens is 4. The van der Waals surface area contributed by atoms with Gasteiger partial charge in [-0.15, -0.1) is 5.10 Å². The lowest BCUT2D eigenvalue weighted by molar-refractivity contribution is -0.141. The number of nitrogens with zero attached hydrogens (tertiary/aromatic N) is 5. The minimum absolute atomic E-state index is 0.00936. The van der Waals surface area contributed by atoms with Crippen LogP contribution in [-0.2, 0) is 0 Å². The van der Waals surface area contributed by atoms with Gasteiger partial charge in [-0.3, -0.25) is 4.31 Å². The first-order chi connectivity index (χ1) is 15.1. The number of fused-ring (bicyclic) bond motifs is 1. The molecule has 0 radical (unpaired) electrons. The van der Waals surface area contributed by atoms with Crippen molar-refractivity contribution in [2.24, 2.45) is 0 Å². The Bertz CT molecular complexity index is 1180. The van der Waals surface area contributed by atoms with Crippen LogP contribution in [0.3, 0.4) is 0 Å². The average molecular weight is 575 g/mol.